The lowest BCUT2D eigenvalue weighted by Crippen LogP contribution is -2.04. The maximum absolute atomic E-state index is 10.2. The molecule has 0 atom stereocenters. The third-order valence-electron chi connectivity index (χ3n) is 1.14. The van der Waals surface area contributed by atoms with Crippen LogP contribution in [0.15, 0.2) is 11.6 Å². The predicted molar refractivity (Wildman–Crippen MR) is 43.5 cm³/mol. The number of rotatable bonds is 5. The van der Waals surface area contributed by atoms with E-state index in [0.29, 0.717) is 0 Å². The Bertz CT molecular complexity index is 301. The number of hydrogen-bond donors (Lipinski definition) is 2. The van der Waals surface area contributed by atoms with E-state index < -0.39 is 16.4 Å². The molecule has 0 fully saturated rings. The molecule has 0 radical (unpaired) electrons. The van der Waals surface area contributed by atoms with E-state index in [1.165, 1.54) is 13.0 Å². The Morgan fingerprint density at radius 3 is 2.46 bits per heavy atom. The average Bonchev–Trinajstić information content (AvgIpc) is 1.95. The van der Waals surface area contributed by atoms with Crippen molar-refractivity contribution in [1.29, 1.82) is 0 Å². The Kier molecular flexibility index (Phi) is 4.60. The Hall–Kier alpha value is -0.920. The summed E-state index contributed by atoms with van der Waals surface area (Å²) in [5.41, 5.74) is 0.0962. The van der Waals surface area contributed by atoms with Crippen molar-refractivity contribution in [3.8, 4) is 0 Å². The monoisotopic (exact) mass is 210 g/mol. The number of aliphatic carboxylic acids is 1. The minimum Gasteiger partial charge on any atom is -0.478 e. The van der Waals surface area contributed by atoms with E-state index in [9.17, 15) is 13.2 Å². The summed E-state index contributed by atoms with van der Waals surface area (Å²) in [7, 11) is -4.42. The van der Waals surface area contributed by atoms with E-state index in [4.69, 9.17) is 9.66 Å². The molecule has 2 N–H and O–H groups in total. The molecular formula is C6H10O6S. The van der Waals surface area contributed by atoms with Crippen molar-refractivity contribution in [3.05, 3.63) is 11.6 Å². The number of hydrogen-bond acceptors (Lipinski definition) is 4. The number of carboxylic acids is 1. The summed E-state index contributed by atoms with van der Waals surface area (Å²) in [6.07, 6.45) is 1.41. The van der Waals surface area contributed by atoms with Gasteiger partial charge in [0.05, 0.1) is 6.61 Å². The highest BCUT2D eigenvalue weighted by atomic mass is 32.3. The smallest absolute Gasteiger partial charge is 0.397 e. The summed E-state index contributed by atoms with van der Waals surface area (Å²) < 4.78 is 32.1. The summed E-state index contributed by atoms with van der Waals surface area (Å²) in [6, 6.07) is 0. The highest BCUT2D eigenvalue weighted by Crippen LogP contribution is 1.97. The van der Waals surface area contributed by atoms with Crippen molar-refractivity contribution in [2.45, 2.75) is 13.3 Å². The van der Waals surface area contributed by atoms with Gasteiger partial charge in [-0.25, -0.2) is 8.98 Å². The van der Waals surface area contributed by atoms with Crippen molar-refractivity contribution in [3.63, 3.8) is 0 Å². The molecule has 76 valence electrons. The summed E-state index contributed by atoms with van der Waals surface area (Å²) in [4.78, 5) is 10.2. The third kappa shape index (κ3) is 7.44. The molecule has 0 saturated heterocycles. The zero-order chi connectivity index (χ0) is 10.5. The van der Waals surface area contributed by atoms with Crippen LogP contribution in [0.3, 0.4) is 0 Å². The van der Waals surface area contributed by atoms with Gasteiger partial charge in [0, 0.05) is 5.57 Å². The average molecular weight is 210 g/mol. The molecule has 0 aromatic carbocycles. The van der Waals surface area contributed by atoms with Crippen LogP contribution in [0.5, 0.6) is 0 Å². The molecule has 0 spiro atoms. The molecule has 0 aliphatic rings. The van der Waals surface area contributed by atoms with Crippen LogP contribution in [0.1, 0.15) is 13.3 Å². The molecule has 0 rings (SSSR count). The second kappa shape index (κ2) is 4.95. The zero-order valence-electron chi connectivity index (χ0n) is 6.93. The van der Waals surface area contributed by atoms with Gasteiger partial charge in [-0.05, 0) is 13.3 Å². The first-order chi connectivity index (χ1) is 5.83. The van der Waals surface area contributed by atoms with Gasteiger partial charge in [-0.1, -0.05) is 6.08 Å². The lowest BCUT2D eigenvalue weighted by molar-refractivity contribution is -0.132. The fraction of sp³-hybridized carbons (Fsp3) is 0.500. The third-order valence-corrected chi connectivity index (χ3v) is 1.60. The van der Waals surface area contributed by atoms with Crippen molar-refractivity contribution in [2.24, 2.45) is 0 Å². The fourth-order valence-corrected chi connectivity index (χ4v) is 0.823. The second-order valence-electron chi connectivity index (χ2n) is 2.23. The molecule has 0 bridgehead atoms. The first kappa shape index (κ1) is 12.1. The normalized spacial score (nSPS) is 12.9. The molecule has 0 saturated carbocycles. The molecular weight excluding hydrogens is 200 g/mol. The standard InChI is InChI=1S/C6H10O6S/c1-5(6(7)8)3-2-4-12-13(9,10)11/h3H,2,4H2,1H3,(H,7,8)(H,9,10,11)/b5-3+. The lowest BCUT2D eigenvalue weighted by Gasteiger charge is -1.96. The van der Waals surface area contributed by atoms with Crippen LogP contribution in [-0.2, 0) is 19.4 Å². The van der Waals surface area contributed by atoms with Crippen molar-refractivity contribution in [2.75, 3.05) is 6.61 Å². The minimum absolute atomic E-state index is 0.0962. The molecule has 0 aromatic rings. The van der Waals surface area contributed by atoms with E-state index in [1.807, 2.05) is 0 Å². The Morgan fingerprint density at radius 2 is 2.08 bits per heavy atom. The van der Waals surface area contributed by atoms with E-state index in [-0.39, 0.29) is 18.6 Å². The molecule has 7 heteroatoms. The van der Waals surface area contributed by atoms with E-state index >= 15 is 0 Å². The molecule has 6 nitrogen and oxygen atoms in total. The summed E-state index contributed by atoms with van der Waals surface area (Å²) in [5, 5.41) is 8.36. The van der Waals surface area contributed by atoms with Gasteiger partial charge in [0.1, 0.15) is 0 Å². The summed E-state index contributed by atoms with van der Waals surface area (Å²) >= 11 is 0. The van der Waals surface area contributed by atoms with E-state index in [1.54, 1.807) is 0 Å². The van der Waals surface area contributed by atoms with Gasteiger partial charge in [0.25, 0.3) is 0 Å². The van der Waals surface area contributed by atoms with Gasteiger partial charge in [-0.2, -0.15) is 8.42 Å². The quantitative estimate of drug-likeness (QED) is 0.382. The molecule has 0 aliphatic carbocycles. The minimum atomic E-state index is -4.42. The fourth-order valence-electron chi connectivity index (χ4n) is 0.516. The number of carboxylic acid groups (broad SMARTS) is 1. The molecule has 0 aliphatic heterocycles. The van der Waals surface area contributed by atoms with Crippen molar-refractivity contribution in [1.82, 2.24) is 0 Å². The van der Waals surface area contributed by atoms with Crippen molar-refractivity contribution >= 4 is 16.4 Å². The maximum Gasteiger partial charge on any atom is 0.397 e. The van der Waals surface area contributed by atoms with Crippen molar-refractivity contribution < 1.29 is 27.1 Å². The predicted octanol–water partition coefficient (Wildman–Crippen LogP) is 0.227. The highest BCUT2D eigenvalue weighted by Gasteiger charge is 2.03. The van der Waals surface area contributed by atoms with Crippen LogP contribution in [-0.4, -0.2) is 30.7 Å². The van der Waals surface area contributed by atoms with Crippen LogP contribution >= 0.6 is 0 Å². The van der Waals surface area contributed by atoms with Crippen LogP contribution in [0.4, 0.5) is 0 Å². The molecule has 0 heterocycles. The van der Waals surface area contributed by atoms with Gasteiger partial charge in [0.15, 0.2) is 0 Å². The number of carbonyl (C=O) groups is 1. The van der Waals surface area contributed by atoms with Gasteiger partial charge >= 0.3 is 16.4 Å². The first-order valence-electron chi connectivity index (χ1n) is 3.35. The Morgan fingerprint density at radius 1 is 1.54 bits per heavy atom. The van der Waals surface area contributed by atoms with Gasteiger partial charge in [0.2, 0.25) is 0 Å². The van der Waals surface area contributed by atoms with E-state index in [0.717, 1.165) is 0 Å². The lowest BCUT2D eigenvalue weighted by atomic mass is 10.2. The molecule has 13 heavy (non-hydrogen) atoms. The van der Waals surface area contributed by atoms with Gasteiger partial charge in [-0.15, -0.1) is 0 Å². The highest BCUT2D eigenvalue weighted by molar-refractivity contribution is 7.80. The molecule has 0 aromatic heterocycles. The Labute approximate surface area is 75.8 Å². The second-order valence-corrected chi connectivity index (χ2v) is 3.32. The molecule has 0 unspecified atom stereocenters. The summed E-state index contributed by atoms with van der Waals surface area (Å²) in [5.74, 6) is -1.08. The summed E-state index contributed by atoms with van der Waals surface area (Å²) in [6.45, 7) is 1.10. The first-order valence-corrected chi connectivity index (χ1v) is 4.71. The van der Waals surface area contributed by atoms with Gasteiger partial charge < -0.3 is 5.11 Å². The largest absolute Gasteiger partial charge is 0.478 e. The van der Waals surface area contributed by atoms with E-state index in [2.05, 4.69) is 4.18 Å². The van der Waals surface area contributed by atoms with Gasteiger partial charge in [-0.3, -0.25) is 4.55 Å². The van der Waals surface area contributed by atoms with Crippen LogP contribution in [0.2, 0.25) is 0 Å². The molecule has 0 amide bonds. The SMILES string of the molecule is C/C(=C\CCOS(=O)(=O)O)C(=O)O. The zero-order valence-corrected chi connectivity index (χ0v) is 7.74. The Balaban J connectivity index is 3.81. The topological polar surface area (TPSA) is 101 Å². The van der Waals surface area contributed by atoms with Crippen LogP contribution < -0.4 is 0 Å². The maximum atomic E-state index is 10.2. The van der Waals surface area contributed by atoms with Crippen LogP contribution in [0.25, 0.3) is 0 Å². The van der Waals surface area contributed by atoms with Crippen LogP contribution in [0, 0.1) is 0 Å².